The van der Waals surface area contributed by atoms with E-state index in [2.05, 4.69) is 20.5 Å². The fraction of sp³-hybridized carbons (Fsp3) is 0.320. The van der Waals surface area contributed by atoms with E-state index in [1.807, 2.05) is 68.0 Å². The second kappa shape index (κ2) is 10.1. The number of imidazole rings is 1. The predicted octanol–water partition coefficient (Wildman–Crippen LogP) is 3.57. The molecule has 1 fully saturated rings. The first-order chi connectivity index (χ1) is 15.6. The highest BCUT2D eigenvalue weighted by atomic mass is 16.6. The average Bonchev–Trinajstić information content (AvgIpc) is 3.25. The molecule has 0 spiro atoms. The Balaban J connectivity index is 1.26. The molecule has 0 radical (unpaired) electrons. The van der Waals surface area contributed by atoms with Gasteiger partial charge < -0.3 is 14.2 Å². The molecule has 0 unspecified atom stereocenters. The van der Waals surface area contributed by atoms with E-state index in [4.69, 9.17) is 10.00 Å². The van der Waals surface area contributed by atoms with Crippen molar-refractivity contribution < 1.29 is 9.53 Å². The summed E-state index contributed by atoms with van der Waals surface area (Å²) in [6.45, 7) is 6.71. The van der Waals surface area contributed by atoms with Gasteiger partial charge in [0.15, 0.2) is 0 Å². The summed E-state index contributed by atoms with van der Waals surface area (Å²) < 4.78 is 7.65. The van der Waals surface area contributed by atoms with Crippen LogP contribution in [0.25, 0.3) is 0 Å². The topological polar surface area (TPSA) is 74.4 Å². The van der Waals surface area contributed by atoms with Crippen LogP contribution in [0.4, 0.5) is 4.79 Å². The molecule has 3 aromatic rings. The number of carbonyl (C=O) groups excluding carboxylic acids is 1. The van der Waals surface area contributed by atoms with Gasteiger partial charge in [0.05, 0.1) is 23.7 Å². The Labute approximate surface area is 188 Å². The van der Waals surface area contributed by atoms with Crippen molar-refractivity contribution in [2.24, 2.45) is 0 Å². The lowest BCUT2D eigenvalue weighted by Crippen LogP contribution is -2.48. The largest absolute Gasteiger partial charge is 0.445 e. The molecule has 0 aliphatic carbocycles. The highest BCUT2D eigenvalue weighted by molar-refractivity contribution is 5.67. The molecule has 7 nitrogen and oxygen atoms in total. The van der Waals surface area contributed by atoms with Crippen molar-refractivity contribution in [1.29, 1.82) is 5.26 Å². The number of nitrogens with zero attached hydrogens (tertiary/aromatic N) is 5. The van der Waals surface area contributed by atoms with Crippen LogP contribution >= 0.6 is 0 Å². The molecule has 4 rings (SSSR count). The van der Waals surface area contributed by atoms with Gasteiger partial charge in [-0.1, -0.05) is 36.4 Å². The molecular weight excluding hydrogens is 402 g/mol. The first-order valence-corrected chi connectivity index (χ1v) is 10.8. The van der Waals surface area contributed by atoms with Crippen molar-refractivity contribution >= 4 is 6.09 Å². The number of carbonyl (C=O) groups is 1. The maximum atomic E-state index is 12.5. The summed E-state index contributed by atoms with van der Waals surface area (Å²) in [6.07, 6.45) is 3.48. The normalized spacial score (nSPS) is 14.2. The lowest BCUT2D eigenvalue weighted by Gasteiger charge is -2.34. The van der Waals surface area contributed by atoms with Crippen LogP contribution in [0.3, 0.4) is 0 Å². The van der Waals surface area contributed by atoms with Gasteiger partial charge in [-0.3, -0.25) is 4.90 Å². The number of aryl methyl sites for hydroxylation is 1. The molecule has 164 valence electrons. The van der Waals surface area contributed by atoms with Crippen LogP contribution in [0.1, 0.15) is 27.9 Å². The number of piperazine rings is 1. The molecule has 2 aromatic carbocycles. The molecule has 1 saturated heterocycles. The van der Waals surface area contributed by atoms with Gasteiger partial charge in [0.2, 0.25) is 0 Å². The van der Waals surface area contributed by atoms with Gasteiger partial charge in [-0.25, -0.2) is 9.78 Å². The van der Waals surface area contributed by atoms with Crippen LogP contribution < -0.4 is 0 Å². The molecule has 1 amide bonds. The molecule has 0 saturated carbocycles. The Morgan fingerprint density at radius 3 is 2.53 bits per heavy atom. The highest BCUT2D eigenvalue weighted by Crippen LogP contribution is 2.14. The van der Waals surface area contributed by atoms with Gasteiger partial charge in [-0.05, 0) is 35.7 Å². The summed E-state index contributed by atoms with van der Waals surface area (Å²) in [7, 11) is 0. The number of nitriles is 1. The quantitative estimate of drug-likeness (QED) is 0.599. The van der Waals surface area contributed by atoms with E-state index in [-0.39, 0.29) is 6.09 Å². The van der Waals surface area contributed by atoms with Crippen molar-refractivity contribution in [3.63, 3.8) is 0 Å². The second-order valence-corrected chi connectivity index (χ2v) is 8.07. The van der Waals surface area contributed by atoms with E-state index in [1.165, 1.54) is 0 Å². The van der Waals surface area contributed by atoms with Gasteiger partial charge in [-0.15, -0.1) is 0 Å². The summed E-state index contributed by atoms with van der Waals surface area (Å²) in [6, 6.07) is 17.7. The van der Waals surface area contributed by atoms with Crippen LogP contribution in [0.15, 0.2) is 61.1 Å². The number of hydrogen-bond donors (Lipinski definition) is 0. The Kier molecular flexibility index (Phi) is 6.83. The Morgan fingerprint density at radius 1 is 1.06 bits per heavy atom. The molecule has 0 bridgehead atoms. The minimum absolute atomic E-state index is 0.251. The molecule has 2 heterocycles. The zero-order chi connectivity index (χ0) is 22.3. The number of aromatic nitrogens is 2. The van der Waals surface area contributed by atoms with Crippen LogP contribution in [0.5, 0.6) is 0 Å². The molecule has 1 aliphatic heterocycles. The van der Waals surface area contributed by atoms with Gasteiger partial charge in [0, 0.05) is 45.5 Å². The molecule has 32 heavy (non-hydrogen) atoms. The lowest BCUT2D eigenvalue weighted by molar-refractivity contribution is 0.0694. The van der Waals surface area contributed by atoms with E-state index >= 15 is 0 Å². The Hall–Kier alpha value is -3.63. The minimum atomic E-state index is -0.251. The van der Waals surface area contributed by atoms with Gasteiger partial charge in [0.1, 0.15) is 6.61 Å². The average molecular weight is 430 g/mol. The van der Waals surface area contributed by atoms with E-state index in [0.29, 0.717) is 31.8 Å². The Morgan fingerprint density at radius 2 is 1.81 bits per heavy atom. The fourth-order valence-electron chi connectivity index (χ4n) is 3.82. The first kappa shape index (κ1) is 21.6. The molecule has 0 N–H and O–H groups in total. The van der Waals surface area contributed by atoms with Gasteiger partial charge in [-0.2, -0.15) is 5.26 Å². The van der Waals surface area contributed by atoms with E-state index < -0.39 is 0 Å². The SMILES string of the molecule is Cc1ccccc1COC(=O)N1CCN(Cc2cncn2Cc2ccc(C#N)cc2)CC1. The molecule has 1 aromatic heterocycles. The third-order valence-corrected chi connectivity index (χ3v) is 5.86. The number of amides is 1. The molecule has 1 aliphatic rings. The monoisotopic (exact) mass is 429 g/mol. The highest BCUT2D eigenvalue weighted by Gasteiger charge is 2.23. The maximum absolute atomic E-state index is 12.5. The van der Waals surface area contributed by atoms with E-state index in [1.54, 1.807) is 4.90 Å². The Bertz CT molecular complexity index is 1090. The first-order valence-electron chi connectivity index (χ1n) is 10.8. The van der Waals surface area contributed by atoms with E-state index in [9.17, 15) is 4.79 Å². The lowest BCUT2D eigenvalue weighted by atomic mass is 10.1. The van der Waals surface area contributed by atoms with Crippen LogP contribution in [-0.4, -0.2) is 51.6 Å². The standard InChI is InChI=1S/C25H27N5O2/c1-20-4-2-3-5-23(20)18-32-25(31)29-12-10-28(11-13-29)17-24-15-27-19-30(24)16-22-8-6-21(14-26)7-9-22/h2-9,15,19H,10-13,16-18H2,1H3. The zero-order valence-corrected chi connectivity index (χ0v) is 18.3. The summed E-state index contributed by atoms with van der Waals surface area (Å²) in [5.41, 5.74) is 5.09. The van der Waals surface area contributed by atoms with Crippen molar-refractivity contribution in [2.75, 3.05) is 26.2 Å². The van der Waals surface area contributed by atoms with Crippen molar-refractivity contribution in [3.8, 4) is 6.07 Å². The zero-order valence-electron chi connectivity index (χ0n) is 18.3. The van der Waals surface area contributed by atoms with Crippen LogP contribution in [0, 0.1) is 18.3 Å². The number of hydrogen-bond acceptors (Lipinski definition) is 5. The van der Waals surface area contributed by atoms with Gasteiger partial charge >= 0.3 is 6.09 Å². The minimum Gasteiger partial charge on any atom is -0.445 e. The summed E-state index contributed by atoms with van der Waals surface area (Å²) in [5, 5.41) is 8.95. The smallest absolute Gasteiger partial charge is 0.410 e. The fourth-order valence-corrected chi connectivity index (χ4v) is 3.82. The van der Waals surface area contributed by atoms with Crippen molar-refractivity contribution in [1.82, 2.24) is 19.4 Å². The summed E-state index contributed by atoms with van der Waals surface area (Å²) in [4.78, 5) is 20.9. The summed E-state index contributed by atoms with van der Waals surface area (Å²) >= 11 is 0. The number of benzene rings is 2. The number of rotatable bonds is 6. The molecule has 7 heteroatoms. The van der Waals surface area contributed by atoms with Crippen molar-refractivity contribution in [3.05, 3.63) is 89.0 Å². The van der Waals surface area contributed by atoms with Crippen molar-refractivity contribution in [2.45, 2.75) is 26.6 Å². The predicted molar refractivity (Wildman–Crippen MR) is 121 cm³/mol. The third-order valence-electron chi connectivity index (χ3n) is 5.86. The van der Waals surface area contributed by atoms with E-state index in [0.717, 1.165) is 42.0 Å². The molecular formula is C25H27N5O2. The second-order valence-electron chi connectivity index (χ2n) is 8.07. The number of ether oxygens (including phenoxy) is 1. The molecule has 0 atom stereocenters. The van der Waals surface area contributed by atoms with Crippen LogP contribution in [0.2, 0.25) is 0 Å². The van der Waals surface area contributed by atoms with Gasteiger partial charge in [0.25, 0.3) is 0 Å². The summed E-state index contributed by atoms with van der Waals surface area (Å²) in [5.74, 6) is 0. The third kappa shape index (κ3) is 5.34. The maximum Gasteiger partial charge on any atom is 0.410 e. The van der Waals surface area contributed by atoms with Crippen LogP contribution in [-0.2, 0) is 24.4 Å².